The predicted octanol–water partition coefficient (Wildman–Crippen LogP) is 4.72. The third-order valence-corrected chi connectivity index (χ3v) is 6.73. The minimum atomic E-state index is -4.59. The van der Waals surface area contributed by atoms with Gasteiger partial charge in [-0.2, -0.15) is 13.2 Å². The van der Waals surface area contributed by atoms with Gasteiger partial charge < -0.3 is 10.1 Å². The van der Waals surface area contributed by atoms with E-state index in [1.165, 1.54) is 6.07 Å². The van der Waals surface area contributed by atoms with E-state index in [9.17, 15) is 26.4 Å². The molecule has 1 fully saturated rings. The molecule has 0 spiro atoms. The van der Waals surface area contributed by atoms with Crippen molar-refractivity contribution in [3.63, 3.8) is 0 Å². The monoisotopic (exact) mass is 496 g/mol. The molecule has 0 bridgehead atoms. The molecule has 1 atom stereocenters. The molecule has 6 nitrogen and oxygen atoms in total. The second-order valence-corrected chi connectivity index (χ2v) is 9.33. The van der Waals surface area contributed by atoms with Crippen LogP contribution in [0.5, 0.6) is 0 Å². The van der Waals surface area contributed by atoms with Crippen LogP contribution in [0.3, 0.4) is 0 Å². The van der Waals surface area contributed by atoms with Crippen LogP contribution in [-0.2, 0) is 20.9 Å². The van der Waals surface area contributed by atoms with Crippen molar-refractivity contribution in [3.05, 3.63) is 57.6 Å². The summed E-state index contributed by atoms with van der Waals surface area (Å²) in [5.74, 6) is -0.892. The Morgan fingerprint density at radius 3 is 2.55 bits per heavy atom. The van der Waals surface area contributed by atoms with Gasteiger partial charge in [-0.05, 0) is 43.2 Å². The number of ether oxygens (including phenoxy) is 1. The molecule has 0 saturated carbocycles. The summed E-state index contributed by atoms with van der Waals surface area (Å²) >= 11 is 12.1. The first kappa shape index (κ1) is 23.8. The minimum Gasteiger partial charge on any atom is -0.377 e. The van der Waals surface area contributed by atoms with Gasteiger partial charge in [0.15, 0.2) is 0 Å². The lowest BCUT2D eigenvalue weighted by Gasteiger charge is -2.14. The van der Waals surface area contributed by atoms with Crippen molar-refractivity contribution in [2.45, 2.75) is 30.0 Å². The Hall–Kier alpha value is -1.85. The maximum absolute atomic E-state index is 12.9. The number of halogens is 5. The Balaban J connectivity index is 1.84. The van der Waals surface area contributed by atoms with Crippen LogP contribution >= 0.6 is 23.2 Å². The Morgan fingerprint density at radius 1 is 1.16 bits per heavy atom. The Morgan fingerprint density at radius 2 is 1.90 bits per heavy atom. The average molecular weight is 497 g/mol. The highest BCUT2D eigenvalue weighted by atomic mass is 35.5. The summed E-state index contributed by atoms with van der Waals surface area (Å²) in [5.41, 5.74) is -1.35. The van der Waals surface area contributed by atoms with E-state index in [2.05, 4.69) is 10.0 Å². The normalized spacial score (nSPS) is 17.0. The molecule has 1 aliphatic rings. The number of carbonyl (C=O) groups is 1. The van der Waals surface area contributed by atoms with Crippen molar-refractivity contribution in [1.82, 2.24) is 4.72 Å². The third-order valence-electron chi connectivity index (χ3n) is 4.53. The molecule has 1 unspecified atom stereocenters. The molecule has 2 N–H and O–H groups in total. The number of hydrogen-bond acceptors (Lipinski definition) is 4. The van der Waals surface area contributed by atoms with E-state index in [0.29, 0.717) is 13.0 Å². The minimum absolute atomic E-state index is 0.0348. The zero-order valence-corrected chi connectivity index (χ0v) is 18.1. The number of benzene rings is 2. The smallest absolute Gasteiger partial charge is 0.377 e. The number of hydrogen-bond donors (Lipinski definition) is 2. The second-order valence-electron chi connectivity index (χ2n) is 6.78. The first-order chi connectivity index (χ1) is 14.5. The number of alkyl halides is 3. The highest BCUT2D eigenvalue weighted by molar-refractivity contribution is 7.89. The van der Waals surface area contributed by atoms with Crippen LogP contribution in [0.1, 0.15) is 28.8 Å². The van der Waals surface area contributed by atoms with Gasteiger partial charge in [-0.3, -0.25) is 4.79 Å². The molecule has 0 radical (unpaired) electrons. The average Bonchev–Trinajstić information content (AvgIpc) is 3.19. The van der Waals surface area contributed by atoms with Crippen LogP contribution in [0, 0.1) is 0 Å². The van der Waals surface area contributed by atoms with Crippen molar-refractivity contribution in [2.75, 3.05) is 18.5 Å². The lowest BCUT2D eigenvalue weighted by atomic mass is 10.1. The van der Waals surface area contributed by atoms with Gasteiger partial charge in [0.25, 0.3) is 5.91 Å². The van der Waals surface area contributed by atoms with Gasteiger partial charge in [-0.1, -0.05) is 29.3 Å². The zero-order valence-electron chi connectivity index (χ0n) is 15.8. The molecule has 1 heterocycles. The van der Waals surface area contributed by atoms with E-state index in [1.807, 2.05) is 0 Å². The van der Waals surface area contributed by atoms with E-state index in [0.717, 1.165) is 36.8 Å². The SMILES string of the molecule is O=C(Nc1cccc(C(F)(F)F)c1)c1cc(S(=O)(=O)NCC2CCCO2)c(Cl)cc1Cl. The van der Waals surface area contributed by atoms with Crippen LogP contribution in [0.15, 0.2) is 41.3 Å². The summed E-state index contributed by atoms with van der Waals surface area (Å²) < 4.78 is 71.7. The van der Waals surface area contributed by atoms with Crippen LogP contribution < -0.4 is 10.0 Å². The highest BCUT2D eigenvalue weighted by Crippen LogP contribution is 2.32. The van der Waals surface area contributed by atoms with Gasteiger partial charge in [-0.15, -0.1) is 0 Å². The van der Waals surface area contributed by atoms with Crippen molar-refractivity contribution in [2.24, 2.45) is 0 Å². The van der Waals surface area contributed by atoms with Crippen LogP contribution in [-0.4, -0.2) is 33.6 Å². The Kier molecular flexibility index (Phi) is 7.17. The molecule has 1 amide bonds. The molecule has 1 aliphatic heterocycles. The maximum atomic E-state index is 12.9. The molecule has 2 aromatic carbocycles. The van der Waals surface area contributed by atoms with Gasteiger partial charge in [0.1, 0.15) is 4.90 Å². The summed E-state index contributed by atoms with van der Waals surface area (Å²) in [5, 5.41) is 1.92. The Bertz CT molecular complexity index is 1090. The number of rotatable bonds is 6. The van der Waals surface area contributed by atoms with E-state index >= 15 is 0 Å². The van der Waals surface area contributed by atoms with E-state index in [4.69, 9.17) is 27.9 Å². The topological polar surface area (TPSA) is 84.5 Å². The van der Waals surface area contributed by atoms with Crippen LogP contribution in [0.2, 0.25) is 10.0 Å². The van der Waals surface area contributed by atoms with Gasteiger partial charge in [0.2, 0.25) is 10.0 Å². The largest absolute Gasteiger partial charge is 0.416 e. The molecular formula is C19H17Cl2F3N2O4S. The van der Waals surface area contributed by atoms with Crippen LogP contribution in [0.25, 0.3) is 0 Å². The molecule has 0 aromatic heterocycles. The predicted molar refractivity (Wildman–Crippen MR) is 110 cm³/mol. The van der Waals surface area contributed by atoms with E-state index < -0.39 is 27.7 Å². The molecule has 31 heavy (non-hydrogen) atoms. The molecule has 168 valence electrons. The molecular weight excluding hydrogens is 480 g/mol. The number of carbonyl (C=O) groups excluding carboxylic acids is 1. The van der Waals surface area contributed by atoms with E-state index in [-0.39, 0.29) is 38.8 Å². The van der Waals surface area contributed by atoms with Crippen molar-refractivity contribution in [1.29, 1.82) is 0 Å². The number of nitrogens with one attached hydrogen (secondary N) is 2. The van der Waals surface area contributed by atoms with Crippen LogP contribution in [0.4, 0.5) is 18.9 Å². The maximum Gasteiger partial charge on any atom is 0.416 e. The highest BCUT2D eigenvalue weighted by Gasteiger charge is 2.31. The lowest BCUT2D eigenvalue weighted by molar-refractivity contribution is -0.137. The summed E-state index contributed by atoms with van der Waals surface area (Å²) in [6, 6.07) is 6.07. The Labute approximate surface area is 186 Å². The standard InChI is InChI=1S/C19H17Cl2F3N2O4S/c20-15-9-16(21)17(31(28,29)25-10-13-5-2-6-30-13)8-14(15)18(27)26-12-4-1-3-11(7-12)19(22,23)24/h1,3-4,7-9,13,25H,2,5-6,10H2,(H,26,27). The van der Waals surface area contributed by atoms with Gasteiger partial charge in [-0.25, -0.2) is 13.1 Å². The fourth-order valence-electron chi connectivity index (χ4n) is 2.97. The van der Waals surface area contributed by atoms with Crippen molar-refractivity contribution < 1.29 is 31.1 Å². The van der Waals surface area contributed by atoms with Gasteiger partial charge in [0.05, 0.1) is 27.3 Å². The van der Waals surface area contributed by atoms with Gasteiger partial charge >= 0.3 is 6.18 Å². The number of anilines is 1. The molecule has 3 rings (SSSR count). The first-order valence-corrected chi connectivity index (χ1v) is 11.3. The van der Waals surface area contributed by atoms with Crippen molar-refractivity contribution in [3.8, 4) is 0 Å². The number of amides is 1. The molecule has 12 heteroatoms. The summed E-state index contributed by atoms with van der Waals surface area (Å²) in [7, 11) is -4.10. The molecule has 2 aromatic rings. The molecule has 0 aliphatic carbocycles. The number of sulfonamides is 1. The second kappa shape index (κ2) is 9.33. The zero-order chi connectivity index (χ0) is 22.8. The third kappa shape index (κ3) is 5.89. The van der Waals surface area contributed by atoms with E-state index in [1.54, 1.807) is 0 Å². The van der Waals surface area contributed by atoms with Gasteiger partial charge in [0, 0.05) is 18.8 Å². The first-order valence-electron chi connectivity index (χ1n) is 9.06. The fourth-order valence-corrected chi connectivity index (χ4v) is 4.89. The summed E-state index contributed by atoms with van der Waals surface area (Å²) in [4.78, 5) is 12.2. The molecule has 1 saturated heterocycles. The summed E-state index contributed by atoms with van der Waals surface area (Å²) in [6.07, 6.45) is -3.31. The summed E-state index contributed by atoms with van der Waals surface area (Å²) in [6.45, 7) is 0.584. The quantitative estimate of drug-likeness (QED) is 0.605. The van der Waals surface area contributed by atoms with Crippen molar-refractivity contribution >= 4 is 44.8 Å². The lowest BCUT2D eigenvalue weighted by Crippen LogP contribution is -2.32. The fraction of sp³-hybridized carbons (Fsp3) is 0.316.